The summed E-state index contributed by atoms with van der Waals surface area (Å²) in [5.74, 6) is -2.60. The van der Waals surface area contributed by atoms with Gasteiger partial charge in [0.05, 0.1) is 6.42 Å². The van der Waals surface area contributed by atoms with Gasteiger partial charge >= 0.3 is 11.9 Å². The number of carboxylic acid groups (broad SMARTS) is 2. The summed E-state index contributed by atoms with van der Waals surface area (Å²) < 4.78 is 4.78. The maximum Gasteiger partial charge on any atom is 0.326 e. The first-order chi connectivity index (χ1) is 8.88. The molecule has 0 spiro atoms. The van der Waals surface area contributed by atoms with Gasteiger partial charge < -0.3 is 20.1 Å². The fourth-order valence-corrected chi connectivity index (χ4v) is 1.30. The summed E-state index contributed by atoms with van der Waals surface area (Å²) >= 11 is 0. The summed E-state index contributed by atoms with van der Waals surface area (Å²) in [4.78, 5) is 36.5. The SMILES string of the molecule is Cc1noc(CCC(=O)N[C@@H](CC(=O)O)C(=O)O)n1. The number of aromatic nitrogens is 2. The number of hydrogen-bond donors (Lipinski definition) is 3. The van der Waals surface area contributed by atoms with Crippen LogP contribution >= 0.6 is 0 Å². The maximum atomic E-state index is 11.5. The van der Waals surface area contributed by atoms with E-state index in [1.54, 1.807) is 6.92 Å². The highest BCUT2D eigenvalue weighted by atomic mass is 16.5. The monoisotopic (exact) mass is 271 g/mol. The van der Waals surface area contributed by atoms with Crippen molar-refractivity contribution in [2.45, 2.75) is 32.2 Å². The number of aryl methyl sites for hydroxylation is 2. The highest BCUT2D eigenvalue weighted by molar-refractivity contribution is 5.86. The zero-order valence-corrected chi connectivity index (χ0v) is 10.1. The Morgan fingerprint density at radius 3 is 2.53 bits per heavy atom. The van der Waals surface area contributed by atoms with E-state index in [4.69, 9.17) is 14.7 Å². The van der Waals surface area contributed by atoms with E-state index in [1.807, 2.05) is 0 Å². The summed E-state index contributed by atoms with van der Waals surface area (Å²) in [7, 11) is 0. The summed E-state index contributed by atoms with van der Waals surface area (Å²) in [6, 6.07) is -1.45. The molecule has 0 aliphatic rings. The second kappa shape index (κ2) is 6.47. The van der Waals surface area contributed by atoms with Gasteiger partial charge in [-0.05, 0) is 6.92 Å². The third kappa shape index (κ3) is 5.15. The molecule has 0 aliphatic heterocycles. The Hall–Kier alpha value is -2.45. The van der Waals surface area contributed by atoms with Gasteiger partial charge in [0.25, 0.3) is 0 Å². The Bertz CT molecular complexity index is 483. The number of carboxylic acids is 2. The van der Waals surface area contributed by atoms with E-state index in [1.165, 1.54) is 0 Å². The van der Waals surface area contributed by atoms with Crippen molar-refractivity contribution < 1.29 is 29.1 Å². The molecule has 0 saturated carbocycles. The van der Waals surface area contributed by atoms with Crippen LogP contribution in [0.15, 0.2) is 4.52 Å². The Labute approximate surface area is 107 Å². The molecule has 1 amide bonds. The quantitative estimate of drug-likeness (QED) is 0.594. The lowest BCUT2D eigenvalue weighted by Crippen LogP contribution is -2.42. The van der Waals surface area contributed by atoms with E-state index in [0.717, 1.165) is 0 Å². The standard InChI is InChI=1S/C10H13N3O6/c1-5-11-8(19-13-5)3-2-7(14)12-6(10(17)18)4-9(15)16/h6H,2-4H2,1H3,(H,12,14)(H,15,16)(H,17,18)/t6-/m0/s1. The number of rotatable bonds is 7. The molecule has 9 nitrogen and oxygen atoms in total. The van der Waals surface area contributed by atoms with E-state index < -0.39 is 30.3 Å². The number of aliphatic carboxylic acids is 2. The molecule has 0 aliphatic carbocycles. The molecule has 1 heterocycles. The summed E-state index contributed by atoms with van der Waals surface area (Å²) in [5.41, 5.74) is 0. The lowest BCUT2D eigenvalue weighted by molar-refractivity contribution is -0.147. The molecular weight excluding hydrogens is 258 g/mol. The molecule has 19 heavy (non-hydrogen) atoms. The van der Waals surface area contributed by atoms with Crippen molar-refractivity contribution in [3.8, 4) is 0 Å². The lowest BCUT2D eigenvalue weighted by Gasteiger charge is -2.11. The van der Waals surface area contributed by atoms with Crippen LogP contribution < -0.4 is 5.32 Å². The van der Waals surface area contributed by atoms with E-state index in [-0.39, 0.29) is 18.7 Å². The van der Waals surface area contributed by atoms with Crippen molar-refractivity contribution in [3.63, 3.8) is 0 Å². The van der Waals surface area contributed by atoms with E-state index in [0.29, 0.717) is 5.82 Å². The molecule has 0 fully saturated rings. The first-order valence-electron chi connectivity index (χ1n) is 5.41. The summed E-state index contributed by atoms with van der Waals surface area (Å²) in [5, 5.41) is 22.9. The first kappa shape index (κ1) is 14.6. The van der Waals surface area contributed by atoms with Gasteiger partial charge in [0.15, 0.2) is 5.82 Å². The predicted molar refractivity (Wildman–Crippen MR) is 59.2 cm³/mol. The molecule has 104 valence electrons. The van der Waals surface area contributed by atoms with Crippen LogP contribution in [-0.2, 0) is 20.8 Å². The predicted octanol–water partition coefficient (Wildman–Crippen LogP) is -0.645. The molecule has 9 heteroatoms. The molecule has 0 bridgehead atoms. The van der Waals surface area contributed by atoms with Gasteiger partial charge in [-0.15, -0.1) is 0 Å². The molecule has 1 rings (SSSR count). The van der Waals surface area contributed by atoms with E-state index >= 15 is 0 Å². The van der Waals surface area contributed by atoms with Gasteiger partial charge in [-0.2, -0.15) is 4.98 Å². The highest BCUT2D eigenvalue weighted by Gasteiger charge is 2.23. The van der Waals surface area contributed by atoms with Crippen LogP contribution in [0, 0.1) is 6.92 Å². The number of hydrogen-bond acceptors (Lipinski definition) is 6. The number of carbonyl (C=O) groups excluding carboxylic acids is 1. The molecule has 1 atom stereocenters. The molecule has 0 unspecified atom stereocenters. The normalized spacial score (nSPS) is 11.8. The smallest absolute Gasteiger partial charge is 0.326 e. The second-order valence-corrected chi connectivity index (χ2v) is 3.79. The fraction of sp³-hybridized carbons (Fsp3) is 0.500. The van der Waals surface area contributed by atoms with Crippen molar-refractivity contribution in [1.82, 2.24) is 15.5 Å². The minimum Gasteiger partial charge on any atom is -0.481 e. The van der Waals surface area contributed by atoms with Crippen LogP contribution in [0.25, 0.3) is 0 Å². The Morgan fingerprint density at radius 1 is 1.37 bits per heavy atom. The van der Waals surface area contributed by atoms with Crippen LogP contribution in [0.1, 0.15) is 24.6 Å². The fourth-order valence-electron chi connectivity index (χ4n) is 1.30. The molecule has 3 N–H and O–H groups in total. The zero-order chi connectivity index (χ0) is 14.4. The van der Waals surface area contributed by atoms with Crippen molar-refractivity contribution in [3.05, 3.63) is 11.7 Å². The van der Waals surface area contributed by atoms with Crippen LogP contribution in [-0.4, -0.2) is 44.2 Å². The van der Waals surface area contributed by atoms with Gasteiger partial charge in [0.1, 0.15) is 6.04 Å². The Balaban J connectivity index is 2.44. The number of amides is 1. The summed E-state index contributed by atoms with van der Waals surface area (Å²) in [6.45, 7) is 1.63. The van der Waals surface area contributed by atoms with Gasteiger partial charge in [-0.1, -0.05) is 5.16 Å². The van der Waals surface area contributed by atoms with Crippen LogP contribution in [0.4, 0.5) is 0 Å². The minimum absolute atomic E-state index is 0.0645. The molecule has 1 aromatic rings. The van der Waals surface area contributed by atoms with Gasteiger partial charge in [-0.3, -0.25) is 9.59 Å². The van der Waals surface area contributed by atoms with Crippen LogP contribution in [0.3, 0.4) is 0 Å². The third-order valence-corrected chi connectivity index (χ3v) is 2.15. The molecule has 1 aromatic heterocycles. The summed E-state index contributed by atoms with van der Waals surface area (Å²) in [6.07, 6.45) is -0.585. The van der Waals surface area contributed by atoms with Crippen molar-refractivity contribution in [2.75, 3.05) is 0 Å². The average Bonchev–Trinajstić information content (AvgIpc) is 2.71. The second-order valence-electron chi connectivity index (χ2n) is 3.79. The van der Waals surface area contributed by atoms with E-state index in [9.17, 15) is 14.4 Å². The molecular formula is C10H13N3O6. The Morgan fingerprint density at radius 2 is 2.05 bits per heavy atom. The first-order valence-corrected chi connectivity index (χ1v) is 5.41. The van der Waals surface area contributed by atoms with Gasteiger partial charge in [0.2, 0.25) is 11.8 Å². The van der Waals surface area contributed by atoms with E-state index in [2.05, 4.69) is 15.5 Å². The molecule has 0 radical (unpaired) electrons. The van der Waals surface area contributed by atoms with Crippen LogP contribution in [0.5, 0.6) is 0 Å². The average molecular weight is 271 g/mol. The van der Waals surface area contributed by atoms with Crippen molar-refractivity contribution in [1.29, 1.82) is 0 Å². The van der Waals surface area contributed by atoms with Crippen molar-refractivity contribution >= 4 is 17.8 Å². The largest absolute Gasteiger partial charge is 0.481 e. The highest BCUT2D eigenvalue weighted by Crippen LogP contribution is 2.01. The van der Waals surface area contributed by atoms with Crippen LogP contribution in [0.2, 0.25) is 0 Å². The zero-order valence-electron chi connectivity index (χ0n) is 10.1. The Kier molecular flexibility index (Phi) is 4.98. The number of carbonyl (C=O) groups is 3. The number of nitrogens with zero attached hydrogens (tertiary/aromatic N) is 2. The third-order valence-electron chi connectivity index (χ3n) is 2.15. The molecule has 0 aromatic carbocycles. The maximum absolute atomic E-state index is 11.5. The molecule has 0 saturated heterocycles. The van der Waals surface area contributed by atoms with Gasteiger partial charge in [0, 0.05) is 12.8 Å². The topological polar surface area (TPSA) is 143 Å². The number of nitrogens with one attached hydrogen (secondary N) is 1. The van der Waals surface area contributed by atoms with Crippen molar-refractivity contribution in [2.24, 2.45) is 0 Å². The lowest BCUT2D eigenvalue weighted by atomic mass is 10.2. The minimum atomic E-state index is -1.45. The van der Waals surface area contributed by atoms with Gasteiger partial charge in [-0.25, -0.2) is 4.79 Å².